The molecule has 116 valence electrons. The van der Waals surface area contributed by atoms with Gasteiger partial charge in [-0.05, 0) is 52.0 Å². The predicted molar refractivity (Wildman–Crippen MR) is 101 cm³/mol. The maximum absolute atomic E-state index is 5.28. The summed E-state index contributed by atoms with van der Waals surface area (Å²) < 4.78 is 2.73. The summed E-state index contributed by atoms with van der Waals surface area (Å²) in [5.41, 5.74) is 3.08. The third-order valence-corrected chi connectivity index (χ3v) is 6.28. The number of benzene rings is 2. The summed E-state index contributed by atoms with van der Waals surface area (Å²) in [6, 6.07) is 18.1. The summed E-state index contributed by atoms with van der Waals surface area (Å²) >= 11 is 5.28. The van der Waals surface area contributed by atoms with Crippen molar-refractivity contribution >= 4 is 44.4 Å². The fourth-order valence-electron chi connectivity index (χ4n) is 1.93. The van der Waals surface area contributed by atoms with E-state index in [0.717, 1.165) is 20.0 Å². The van der Waals surface area contributed by atoms with Crippen LogP contribution in [-0.4, -0.2) is 10.4 Å². The maximum Gasteiger partial charge on any atom is 0.202 e. The molecule has 0 saturated carbocycles. The molecule has 0 spiro atoms. The second-order valence-electron chi connectivity index (χ2n) is 5.02. The van der Waals surface area contributed by atoms with Crippen LogP contribution in [0.3, 0.4) is 0 Å². The normalized spacial score (nSPS) is 12.6. The number of nitrogens with zero attached hydrogens (tertiary/aromatic N) is 3. The molecule has 6 heteroatoms. The first-order valence-electron chi connectivity index (χ1n) is 7.05. The van der Waals surface area contributed by atoms with Gasteiger partial charge in [0.05, 0.1) is 5.69 Å². The number of aromatic nitrogens is 1. The summed E-state index contributed by atoms with van der Waals surface area (Å²) in [6.45, 7) is 2.06. The zero-order chi connectivity index (χ0) is 16.2. The highest BCUT2D eigenvalue weighted by molar-refractivity contribution is 7.79. The largest absolute Gasteiger partial charge is 0.302 e. The zero-order valence-corrected chi connectivity index (χ0v) is 15.2. The first-order valence-corrected chi connectivity index (χ1v) is 9.61. The van der Waals surface area contributed by atoms with Crippen LogP contribution in [0.25, 0.3) is 0 Å². The Morgan fingerprint density at radius 3 is 2.30 bits per heavy atom. The van der Waals surface area contributed by atoms with Gasteiger partial charge >= 0.3 is 0 Å². The molecule has 0 atom stereocenters. The lowest BCUT2D eigenvalue weighted by Crippen LogP contribution is -2.13. The van der Waals surface area contributed by atoms with Crippen molar-refractivity contribution in [3.05, 3.63) is 74.5 Å². The summed E-state index contributed by atoms with van der Waals surface area (Å²) in [5.74, 6) is 0.689. The lowest BCUT2D eigenvalue weighted by molar-refractivity contribution is 0.872. The van der Waals surface area contributed by atoms with E-state index >= 15 is 0 Å². The van der Waals surface area contributed by atoms with Gasteiger partial charge in [0.15, 0.2) is 9.79 Å². The average molecular weight is 358 g/mol. The lowest BCUT2D eigenvalue weighted by atomic mass is 10.2. The summed E-state index contributed by atoms with van der Waals surface area (Å²) in [5, 5.41) is 0. The smallest absolute Gasteiger partial charge is 0.202 e. The Hall–Kier alpha value is -1.89. The standard InChI is InChI=1S/C17H15N3S3/c1-12-8-10-14(11-9-12)18-15(13-6-4-3-5-7-13)19-16-20(2)17(21)23-22-16/h3-11H,1-2H3. The molecule has 0 aliphatic heterocycles. The number of aliphatic imine (C=N–C) groups is 1. The molecular weight excluding hydrogens is 342 g/mol. The van der Waals surface area contributed by atoms with Crippen molar-refractivity contribution in [1.29, 1.82) is 0 Å². The van der Waals surface area contributed by atoms with Crippen LogP contribution in [0.2, 0.25) is 0 Å². The molecule has 0 aliphatic rings. The van der Waals surface area contributed by atoms with Crippen LogP contribution in [0, 0.1) is 10.9 Å². The molecule has 23 heavy (non-hydrogen) atoms. The third-order valence-electron chi connectivity index (χ3n) is 3.25. The van der Waals surface area contributed by atoms with E-state index in [0.29, 0.717) is 5.84 Å². The Morgan fingerprint density at radius 1 is 1.00 bits per heavy atom. The quantitative estimate of drug-likeness (QED) is 0.279. The molecule has 1 aromatic heterocycles. The molecule has 3 nitrogen and oxygen atoms in total. The Bertz CT molecular complexity index is 945. The van der Waals surface area contributed by atoms with Crippen LogP contribution in [0.4, 0.5) is 5.69 Å². The van der Waals surface area contributed by atoms with Crippen molar-refractivity contribution in [2.45, 2.75) is 6.92 Å². The lowest BCUT2D eigenvalue weighted by Gasteiger charge is -2.02. The average Bonchev–Trinajstić information content (AvgIpc) is 2.89. The van der Waals surface area contributed by atoms with E-state index in [1.54, 1.807) is 20.7 Å². The van der Waals surface area contributed by atoms with Crippen LogP contribution in [0.5, 0.6) is 0 Å². The van der Waals surface area contributed by atoms with Crippen molar-refractivity contribution in [1.82, 2.24) is 4.57 Å². The molecule has 0 amide bonds. The Labute approximate surface area is 147 Å². The molecule has 3 rings (SSSR count). The van der Waals surface area contributed by atoms with Crippen molar-refractivity contribution < 1.29 is 0 Å². The SMILES string of the molecule is Cc1ccc(N=C(N=c2ssc(=S)n2C)c2ccccc2)cc1. The second kappa shape index (κ2) is 7.12. The van der Waals surface area contributed by atoms with Crippen LogP contribution in [0.1, 0.15) is 11.1 Å². The minimum atomic E-state index is 0.689. The minimum Gasteiger partial charge on any atom is -0.302 e. The molecule has 2 aromatic carbocycles. The van der Waals surface area contributed by atoms with Crippen LogP contribution >= 0.6 is 32.9 Å². The summed E-state index contributed by atoms with van der Waals surface area (Å²) in [6.07, 6.45) is 0. The first kappa shape index (κ1) is 16.0. The number of rotatable bonds is 2. The molecule has 0 fully saturated rings. The highest BCUT2D eigenvalue weighted by Gasteiger charge is 2.04. The first-order chi connectivity index (χ1) is 11.1. The Kier molecular flexibility index (Phi) is 4.95. The minimum absolute atomic E-state index is 0.689. The van der Waals surface area contributed by atoms with E-state index in [4.69, 9.17) is 22.2 Å². The zero-order valence-electron chi connectivity index (χ0n) is 12.8. The maximum atomic E-state index is 5.28. The van der Waals surface area contributed by atoms with Gasteiger partial charge in [-0.2, -0.15) is 4.99 Å². The van der Waals surface area contributed by atoms with Crippen LogP contribution in [0.15, 0.2) is 64.6 Å². The highest BCUT2D eigenvalue weighted by atomic mass is 32.9. The van der Waals surface area contributed by atoms with E-state index in [1.807, 2.05) is 54.1 Å². The molecule has 0 aliphatic carbocycles. The molecule has 1 heterocycles. The van der Waals surface area contributed by atoms with Crippen LogP contribution < -0.4 is 4.80 Å². The van der Waals surface area contributed by atoms with Crippen molar-refractivity contribution in [2.75, 3.05) is 0 Å². The van der Waals surface area contributed by atoms with Crippen molar-refractivity contribution in [2.24, 2.45) is 17.0 Å². The number of amidine groups is 1. The van der Waals surface area contributed by atoms with E-state index in [-0.39, 0.29) is 0 Å². The molecule has 0 unspecified atom stereocenters. The van der Waals surface area contributed by atoms with Crippen molar-refractivity contribution in [3.63, 3.8) is 0 Å². The summed E-state index contributed by atoms with van der Waals surface area (Å²) in [4.78, 5) is 10.3. The predicted octanol–water partition coefficient (Wildman–Crippen LogP) is 4.87. The number of hydrogen-bond acceptors (Lipinski definition) is 4. The van der Waals surface area contributed by atoms with Gasteiger partial charge < -0.3 is 4.57 Å². The van der Waals surface area contributed by atoms with Gasteiger partial charge in [-0.15, -0.1) is 0 Å². The molecular formula is C17H15N3S3. The second-order valence-corrected chi connectivity index (χ2v) is 7.75. The van der Waals surface area contributed by atoms with E-state index in [2.05, 4.69) is 19.1 Å². The highest BCUT2D eigenvalue weighted by Crippen LogP contribution is 2.15. The fourth-order valence-corrected chi connectivity index (χ4v) is 4.33. The summed E-state index contributed by atoms with van der Waals surface area (Å²) in [7, 11) is 5.05. The fraction of sp³-hybridized carbons (Fsp3) is 0.118. The van der Waals surface area contributed by atoms with Gasteiger partial charge in [0.2, 0.25) is 4.80 Å². The molecule has 0 N–H and O–H groups in total. The van der Waals surface area contributed by atoms with Gasteiger partial charge in [0.25, 0.3) is 0 Å². The van der Waals surface area contributed by atoms with Gasteiger partial charge in [-0.1, -0.05) is 48.0 Å². The van der Waals surface area contributed by atoms with Gasteiger partial charge in [0.1, 0.15) is 0 Å². The number of hydrogen-bond donors (Lipinski definition) is 0. The Balaban J connectivity index is 2.15. The topological polar surface area (TPSA) is 29.6 Å². The molecule has 3 aromatic rings. The van der Waals surface area contributed by atoms with Gasteiger partial charge in [0, 0.05) is 12.6 Å². The Morgan fingerprint density at radius 2 is 1.70 bits per heavy atom. The molecule has 0 radical (unpaired) electrons. The molecule has 0 saturated heterocycles. The number of aryl methyl sites for hydroxylation is 1. The van der Waals surface area contributed by atoms with E-state index < -0.39 is 0 Å². The van der Waals surface area contributed by atoms with E-state index in [9.17, 15) is 0 Å². The van der Waals surface area contributed by atoms with E-state index in [1.165, 1.54) is 5.56 Å². The van der Waals surface area contributed by atoms with Crippen molar-refractivity contribution in [3.8, 4) is 0 Å². The molecule has 0 bridgehead atoms. The van der Waals surface area contributed by atoms with Gasteiger partial charge in [-0.3, -0.25) is 0 Å². The van der Waals surface area contributed by atoms with Crippen LogP contribution in [-0.2, 0) is 7.05 Å². The third kappa shape index (κ3) is 3.90. The monoisotopic (exact) mass is 357 g/mol. The van der Waals surface area contributed by atoms with Gasteiger partial charge in [-0.25, -0.2) is 4.99 Å².